The molecule has 3 aliphatic rings. The van der Waals surface area contributed by atoms with Gasteiger partial charge in [0.25, 0.3) is 0 Å². The molecule has 5 aromatic rings. The molecule has 0 bridgehead atoms. The van der Waals surface area contributed by atoms with Crippen molar-refractivity contribution in [3.63, 3.8) is 0 Å². The summed E-state index contributed by atoms with van der Waals surface area (Å²) in [6.07, 6.45) is 19.3. The second-order valence-electron chi connectivity index (χ2n) is 16.1. The molecule has 2 unspecified atom stereocenters. The Hall–Kier alpha value is -4.15. The van der Waals surface area contributed by atoms with Gasteiger partial charge < -0.3 is 0 Å². The van der Waals surface area contributed by atoms with E-state index < -0.39 is 8.07 Å². The average Bonchev–Trinajstić information content (AvgIpc) is 3.11. The number of hydrogen-bond donors (Lipinski definition) is 0. The van der Waals surface area contributed by atoms with Crippen LogP contribution in [0, 0.1) is 12.8 Å². The Balaban J connectivity index is 1.31. The molecular weight excluding hydrogens is 611 g/mol. The van der Waals surface area contributed by atoms with Crippen molar-refractivity contribution in [2.75, 3.05) is 0 Å². The monoisotopic (exact) mass is 661 g/mol. The van der Waals surface area contributed by atoms with Crippen molar-refractivity contribution in [1.29, 1.82) is 0 Å². The Kier molecular flexibility index (Phi) is 8.48. The number of aryl methyl sites for hydroxylation is 2. The average molecular weight is 662 g/mol. The van der Waals surface area contributed by atoms with E-state index in [0.29, 0.717) is 5.92 Å². The molecule has 0 radical (unpaired) electrons. The standard InChI is InChI=1S/C45H51N3Si/c1-31-24-42-37-22-23-46-27-35(37)20-21-40-38-18-12-13-19-39(38)43-26-36(25-33-14-8-6-9-15-33)44(49(3,4)5)30-48(43)45(40)32(2)28-47(42)29-41(31)34-16-10-7-11-17-34/h7,10-13,16-19,22-24,26-27,29-30,33,40,45H,2,6,8-9,14-15,20-21,25,28H2,1,3-5H3/q+2. The van der Waals surface area contributed by atoms with Crippen molar-refractivity contribution < 1.29 is 9.13 Å². The van der Waals surface area contributed by atoms with Crippen LogP contribution in [-0.4, -0.2) is 13.1 Å². The van der Waals surface area contributed by atoms with Gasteiger partial charge in [-0.05, 0) is 72.1 Å². The number of pyridine rings is 3. The molecule has 4 heteroatoms. The minimum atomic E-state index is -1.65. The first-order chi connectivity index (χ1) is 23.8. The lowest BCUT2D eigenvalue weighted by Gasteiger charge is -2.34. The van der Waals surface area contributed by atoms with E-state index in [1.165, 1.54) is 94.4 Å². The maximum absolute atomic E-state index is 4.99. The van der Waals surface area contributed by atoms with E-state index in [1.54, 1.807) is 10.8 Å². The molecule has 0 amide bonds. The normalized spacial score (nSPS) is 19.2. The quantitative estimate of drug-likeness (QED) is 0.107. The molecule has 5 heterocycles. The molecule has 2 aliphatic heterocycles. The summed E-state index contributed by atoms with van der Waals surface area (Å²) in [5.74, 6) is 1.14. The van der Waals surface area contributed by atoms with Gasteiger partial charge in [0.2, 0.25) is 11.4 Å². The zero-order chi connectivity index (χ0) is 33.7. The third kappa shape index (κ3) is 6.03. The Labute approximate surface area is 294 Å². The van der Waals surface area contributed by atoms with Crippen LogP contribution in [0.15, 0.2) is 110 Å². The zero-order valence-electron chi connectivity index (χ0n) is 29.9. The number of aromatic nitrogens is 3. The summed E-state index contributed by atoms with van der Waals surface area (Å²) >= 11 is 0. The molecule has 8 rings (SSSR count). The minimum absolute atomic E-state index is 0.170. The highest BCUT2D eigenvalue weighted by molar-refractivity contribution is 6.89. The van der Waals surface area contributed by atoms with Crippen LogP contribution in [0.5, 0.6) is 0 Å². The van der Waals surface area contributed by atoms with Crippen molar-refractivity contribution in [2.45, 2.75) is 96.4 Å². The highest BCUT2D eigenvalue weighted by Crippen LogP contribution is 2.45. The Morgan fingerprint density at radius 3 is 2.39 bits per heavy atom. The summed E-state index contributed by atoms with van der Waals surface area (Å²) in [5, 5.41) is 1.63. The first kappa shape index (κ1) is 32.1. The minimum Gasteiger partial charge on any atom is -0.264 e. The lowest BCUT2D eigenvalue weighted by atomic mass is 9.76. The molecule has 0 saturated heterocycles. The Morgan fingerprint density at radius 1 is 0.816 bits per heavy atom. The second-order valence-corrected chi connectivity index (χ2v) is 21.1. The number of nitrogens with zero attached hydrogens (tertiary/aromatic N) is 3. The van der Waals surface area contributed by atoms with Gasteiger partial charge in [0.1, 0.15) is 0 Å². The van der Waals surface area contributed by atoms with Gasteiger partial charge >= 0.3 is 0 Å². The van der Waals surface area contributed by atoms with Crippen LogP contribution in [0.1, 0.15) is 72.7 Å². The molecule has 1 saturated carbocycles. The largest absolute Gasteiger partial charge is 0.264 e. The fourth-order valence-corrected chi connectivity index (χ4v) is 11.0. The molecule has 3 aromatic heterocycles. The molecule has 2 atom stereocenters. The van der Waals surface area contributed by atoms with Gasteiger partial charge in [0.05, 0.1) is 25.1 Å². The molecule has 0 spiro atoms. The van der Waals surface area contributed by atoms with E-state index in [0.717, 1.165) is 25.3 Å². The van der Waals surface area contributed by atoms with Crippen molar-refractivity contribution in [2.24, 2.45) is 5.92 Å². The zero-order valence-corrected chi connectivity index (χ0v) is 30.9. The molecular formula is C45H51N3Si+2. The van der Waals surface area contributed by atoms with Crippen LogP contribution in [0.3, 0.4) is 0 Å². The van der Waals surface area contributed by atoms with Gasteiger partial charge in [-0.15, -0.1) is 0 Å². The summed E-state index contributed by atoms with van der Waals surface area (Å²) in [6, 6.07) is 27.5. The molecule has 1 aliphatic carbocycles. The fraction of sp³-hybridized carbons (Fsp3) is 0.356. The molecule has 2 aromatic carbocycles. The highest BCUT2D eigenvalue weighted by atomic mass is 28.3. The van der Waals surface area contributed by atoms with Gasteiger partial charge in [0.15, 0.2) is 25.0 Å². The second kappa shape index (κ2) is 12.9. The van der Waals surface area contributed by atoms with Crippen LogP contribution in [0.25, 0.3) is 33.6 Å². The number of hydrogen-bond acceptors (Lipinski definition) is 1. The number of allylic oxidation sites excluding steroid dienone is 1. The third-order valence-electron chi connectivity index (χ3n) is 11.7. The van der Waals surface area contributed by atoms with E-state index >= 15 is 0 Å². The van der Waals surface area contributed by atoms with Crippen LogP contribution >= 0.6 is 0 Å². The van der Waals surface area contributed by atoms with Gasteiger partial charge in [-0.25, -0.2) is 0 Å². The molecule has 3 nitrogen and oxygen atoms in total. The van der Waals surface area contributed by atoms with Crippen molar-refractivity contribution in [3.8, 4) is 33.6 Å². The van der Waals surface area contributed by atoms with Crippen molar-refractivity contribution in [3.05, 3.63) is 132 Å². The summed E-state index contributed by atoms with van der Waals surface area (Å²) in [6.45, 7) is 15.6. The van der Waals surface area contributed by atoms with Crippen molar-refractivity contribution in [1.82, 2.24) is 4.98 Å². The first-order valence-electron chi connectivity index (χ1n) is 18.6. The van der Waals surface area contributed by atoms with E-state index in [4.69, 9.17) is 6.58 Å². The predicted molar refractivity (Wildman–Crippen MR) is 205 cm³/mol. The van der Waals surface area contributed by atoms with Gasteiger partial charge in [-0.2, -0.15) is 9.13 Å². The van der Waals surface area contributed by atoms with Crippen LogP contribution in [0.4, 0.5) is 0 Å². The van der Waals surface area contributed by atoms with E-state index in [2.05, 4.69) is 132 Å². The van der Waals surface area contributed by atoms with Crippen LogP contribution in [0.2, 0.25) is 19.6 Å². The summed E-state index contributed by atoms with van der Waals surface area (Å²) in [4.78, 5) is 4.65. The van der Waals surface area contributed by atoms with Gasteiger partial charge in [-0.3, -0.25) is 4.98 Å². The molecule has 248 valence electrons. The summed E-state index contributed by atoms with van der Waals surface area (Å²) in [5.41, 5.74) is 14.8. The summed E-state index contributed by atoms with van der Waals surface area (Å²) < 4.78 is 5.17. The lowest BCUT2D eigenvalue weighted by Crippen LogP contribution is -2.55. The maximum atomic E-state index is 4.99. The van der Waals surface area contributed by atoms with E-state index in [9.17, 15) is 0 Å². The van der Waals surface area contributed by atoms with Crippen LogP contribution < -0.4 is 14.3 Å². The SMILES string of the molecule is C=C1C[n+]2cc(-c3ccccc3)c(C)cc2-c2ccncc2CCC2c3ccccc3-c3cc(CC4CCCCC4)c([Si](C)(C)C)c[n+]3C12. The van der Waals surface area contributed by atoms with E-state index in [-0.39, 0.29) is 6.04 Å². The topological polar surface area (TPSA) is 20.6 Å². The Bertz CT molecular complexity index is 2030. The van der Waals surface area contributed by atoms with Gasteiger partial charge in [-0.1, -0.05) is 107 Å². The number of rotatable bonds is 4. The molecule has 49 heavy (non-hydrogen) atoms. The first-order valence-corrected chi connectivity index (χ1v) is 22.1. The van der Waals surface area contributed by atoms with Crippen LogP contribution in [-0.2, 0) is 19.4 Å². The third-order valence-corrected chi connectivity index (χ3v) is 13.8. The molecule has 0 N–H and O–H groups in total. The Morgan fingerprint density at radius 2 is 1.59 bits per heavy atom. The van der Waals surface area contributed by atoms with Gasteiger partial charge in [0, 0.05) is 40.8 Å². The number of fused-ring (bicyclic) bond motifs is 9. The summed E-state index contributed by atoms with van der Waals surface area (Å²) in [7, 11) is -1.65. The number of benzene rings is 2. The van der Waals surface area contributed by atoms with E-state index in [1.807, 2.05) is 6.20 Å². The molecule has 1 fully saturated rings. The lowest BCUT2D eigenvalue weighted by molar-refractivity contribution is -0.722. The highest BCUT2D eigenvalue weighted by Gasteiger charge is 2.44. The predicted octanol–water partition coefficient (Wildman–Crippen LogP) is 9.47. The fourth-order valence-electron chi connectivity index (χ4n) is 9.29. The maximum Gasteiger partial charge on any atom is 0.213 e. The van der Waals surface area contributed by atoms with Crippen molar-refractivity contribution >= 4 is 13.3 Å². The smallest absolute Gasteiger partial charge is 0.213 e.